The molecule has 0 aromatic rings. The summed E-state index contributed by atoms with van der Waals surface area (Å²) in [7, 11) is 3.59. The molecule has 1 saturated heterocycles. The van der Waals surface area contributed by atoms with Gasteiger partial charge in [-0.05, 0) is 39.5 Å². The molecule has 2 rings (SSSR count). The summed E-state index contributed by atoms with van der Waals surface area (Å²) in [6.45, 7) is 13.9. The van der Waals surface area contributed by atoms with Crippen LogP contribution in [0.25, 0.3) is 0 Å². The van der Waals surface area contributed by atoms with Crippen molar-refractivity contribution in [1.29, 1.82) is 0 Å². The van der Waals surface area contributed by atoms with Gasteiger partial charge in [0.25, 0.3) is 0 Å². The lowest BCUT2D eigenvalue weighted by molar-refractivity contribution is -0.176. The molecule has 0 amide bonds. The molecule has 2 fully saturated rings. The van der Waals surface area contributed by atoms with Crippen molar-refractivity contribution in [1.82, 2.24) is 15.5 Å². The molecule has 2 unspecified atom stereocenters. The van der Waals surface area contributed by atoms with Crippen molar-refractivity contribution < 1.29 is 9.47 Å². The maximum Gasteiger partial charge on any atom is 0.191 e. The van der Waals surface area contributed by atoms with Crippen molar-refractivity contribution in [2.24, 2.45) is 10.4 Å². The van der Waals surface area contributed by atoms with Crippen molar-refractivity contribution >= 4 is 29.9 Å². The van der Waals surface area contributed by atoms with E-state index in [0.717, 1.165) is 51.6 Å². The number of aliphatic imine (C=N–C) groups is 1. The van der Waals surface area contributed by atoms with Gasteiger partial charge in [-0.3, -0.25) is 4.99 Å². The molecule has 2 aliphatic rings. The minimum absolute atomic E-state index is 0. The second-order valence-corrected chi connectivity index (χ2v) is 8.49. The predicted molar refractivity (Wildman–Crippen MR) is 123 cm³/mol. The Bertz CT molecular complexity index is 467. The summed E-state index contributed by atoms with van der Waals surface area (Å²) in [4.78, 5) is 7.22. The lowest BCUT2D eigenvalue weighted by Gasteiger charge is -2.59. The summed E-state index contributed by atoms with van der Waals surface area (Å²) in [5, 5.41) is 7.34. The van der Waals surface area contributed by atoms with Crippen LogP contribution in [-0.4, -0.2) is 75.5 Å². The topological polar surface area (TPSA) is 58.1 Å². The minimum atomic E-state index is -0.0600. The van der Waals surface area contributed by atoms with Gasteiger partial charge in [0.2, 0.25) is 0 Å². The molecule has 0 bridgehead atoms. The molecule has 6 nitrogen and oxygen atoms in total. The number of ether oxygens (including phenoxy) is 2. The van der Waals surface area contributed by atoms with Gasteiger partial charge in [0.05, 0.1) is 5.60 Å². The van der Waals surface area contributed by atoms with Crippen molar-refractivity contribution in [3.8, 4) is 0 Å². The first-order chi connectivity index (χ1) is 12.4. The van der Waals surface area contributed by atoms with Crippen LogP contribution >= 0.6 is 24.0 Å². The van der Waals surface area contributed by atoms with Crippen molar-refractivity contribution in [2.75, 3.05) is 47.0 Å². The van der Waals surface area contributed by atoms with Gasteiger partial charge in [0.15, 0.2) is 5.96 Å². The Kier molecular flexibility index (Phi) is 10.3. The van der Waals surface area contributed by atoms with Gasteiger partial charge < -0.3 is 25.0 Å². The number of nitrogens with one attached hydrogen (secondary N) is 2. The van der Waals surface area contributed by atoms with E-state index < -0.39 is 0 Å². The monoisotopic (exact) mass is 496 g/mol. The van der Waals surface area contributed by atoms with E-state index in [1.54, 1.807) is 7.11 Å². The highest BCUT2D eigenvalue weighted by Gasteiger charge is 2.58. The smallest absolute Gasteiger partial charge is 0.191 e. The summed E-state index contributed by atoms with van der Waals surface area (Å²) in [6.07, 6.45) is 4.47. The number of rotatable bonds is 8. The van der Waals surface area contributed by atoms with E-state index in [0.29, 0.717) is 12.1 Å². The maximum absolute atomic E-state index is 5.75. The lowest BCUT2D eigenvalue weighted by atomic mass is 9.56. The number of piperidine rings is 1. The summed E-state index contributed by atoms with van der Waals surface area (Å²) in [5.41, 5.74) is 0.0260. The molecule has 0 spiro atoms. The number of hydrogen-bond acceptors (Lipinski definition) is 4. The zero-order valence-electron chi connectivity index (χ0n) is 18.1. The summed E-state index contributed by atoms with van der Waals surface area (Å²) in [5.74, 6) is 0.960. The average Bonchev–Trinajstić information content (AvgIpc) is 2.63. The molecule has 1 saturated carbocycles. The van der Waals surface area contributed by atoms with E-state index in [9.17, 15) is 0 Å². The zero-order chi connectivity index (χ0) is 19.2. The first-order valence-electron chi connectivity index (χ1n) is 10.2. The highest BCUT2D eigenvalue weighted by atomic mass is 127. The number of halogens is 1. The lowest BCUT2D eigenvalue weighted by Crippen LogP contribution is -2.70. The standard InChI is InChI=1S/C20H40N4O2.HI/c1-7-21-18(23-17-15-20(4,26-6)19(17,2)3)22-16-9-12-24(13-10-16)11-8-14-25-5;/h16-17H,7-15H2,1-6H3,(H2,21,22,23);1H. The van der Waals surface area contributed by atoms with Gasteiger partial charge in [-0.1, -0.05) is 13.8 Å². The Labute approximate surface area is 183 Å². The molecule has 1 aliphatic heterocycles. The third-order valence-corrected chi connectivity index (χ3v) is 6.66. The molecule has 0 radical (unpaired) electrons. The third kappa shape index (κ3) is 6.18. The number of likely N-dealkylation sites (tertiary alicyclic amines) is 1. The van der Waals surface area contributed by atoms with Crippen LogP contribution in [0.2, 0.25) is 0 Å². The Balaban J connectivity index is 0.00000364. The second-order valence-electron chi connectivity index (χ2n) is 8.49. The van der Waals surface area contributed by atoms with Crippen LogP contribution in [-0.2, 0) is 9.47 Å². The molecule has 0 aromatic carbocycles. The van der Waals surface area contributed by atoms with Gasteiger partial charge in [-0.15, -0.1) is 24.0 Å². The fraction of sp³-hybridized carbons (Fsp3) is 0.950. The molecule has 160 valence electrons. The van der Waals surface area contributed by atoms with Gasteiger partial charge in [0, 0.05) is 64.5 Å². The third-order valence-electron chi connectivity index (χ3n) is 6.66. The zero-order valence-corrected chi connectivity index (χ0v) is 20.5. The fourth-order valence-corrected chi connectivity index (χ4v) is 4.11. The molecule has 2 N–H and O–H groups in total. The number of nitrogens with zero attached hydrogens (tertiary/aromatic N) is 2. The molecule has 2 atom stereocenters. The molecule has 27 heavy (non-hydrogen) atoms. The number of guanidine groups is 1. The first kappa shape index (κ1) is 24.9. The van der Waals surface area contributed by atoms with Crippen LogP contribution in [0.3, 0.4) is 0 Å². The average molecular weight is 496 g/mol. The fourth-order valence-electron chi connectivity index (χ4n) is 4.11. The highest BCUT2D eigenvalue weighted by molar-refractivity contribution is 14.0. The molecule has 1 heterocycles. The van der Waals surface area contributed by atoms with Gasteiger partial charge >= 0.3 is 0 Å². The summed E-state index contributed by atoms with van der Waals surface area (Å²) in [6, 6.07) is 0.892. The van der Waals surface area contributed by atoms with Crippen molar-refractivity contribution in [2.45, 2.75) is 71.1 Å². The van der Waals surface area contributed by atoms with Gasteiger partial charge in [0.1, 0.15) is 0 Å². The predicted octanol–water partition coefficient (Wildman–Crippen LogP) is 2.86. The Morgan fingerprint density at radius 1 is 1.15 bits per heavy atom. The molecular weight excluding hydrogens is 455 g/mol. The SMILES string of the molecule is CCN=C(NC1CCN(CCCOC)CC1)NC1CC(C)(OC)C1(C)C.I. The second kappa shape index (κ2) is 11.2. The van der Waals surface area contributed by atoms with Crippen molar-refractivity contribution in [3.63, 3.8) is 0 Å². The molecule has 0 aromatic heterocycles. The Hall–Kier alpha value is -0.120. The van der Waals surface area contributed by atoms with Crippen LogP contribution in [0.5, 0.6) is 0 Å². The van der Waals surface area contributed by atoms with E-state index in [-0.39, 0.29) is 35.0 Å². The molecular formula is C20H41IN4O2. The van der Waals surface area contributed by atoms with Gasteiger partial charge in [-0.2, -0.15) is 0 Å². The van der Waals surface area contributed by atoms with Crippen molar-refractivity contribution in [3.05, 3.63) is 0 Å². The van der Waals surface area contributed by atoms with E-state index in [4.69, 9.17) is 9.47 Å². The maximum atomic E-state index is 5.75. The number of hydrogen-bond donors (Lipinski definition) is 2. The molecule has 1 aliphatic carbocycles. The quantitative estimate of drug-likeness (QED) is 0.234. The normalized spacial score (nSPS) is 29.0. The summed E-state index contributed by atoms with van der Waals surface area (Å²) >= 11 is 0. The van der Waals surface area contributed by atoms with Crippen LogP contribution in [0, 0.1) is 5.41 Å². The van der Waals surface area contributed by atoms with Crippen LogP contribution in [0.1, 0.15) is 53.4 Å². The van der Waals surface area contributed by atoms with E-state index >= 15 is 0 Å². The minimum Gasteiger partial charge on any atom is -0.385 e. The van der Waals surface area contributed by atoms with Crippen LogP contribution in [0.15, 0.2) is 4.99 Å². The highest BCUT2D eigenvalue weighted by Crippen LogP contribution is 2.51. The van der Waals surface area contributed by atoms with E-state index in [1.165, 1.54) is 12.8 Å². The van der Waals surface area contributed by atoms with Crippen LogP contribution in [0.4, 0.5) is 0 Å². The van der Waals surface area contributed by atoms with Crippen LogP contribution < -0.4 is 10.6 Å². The Morgan fingerprint density at radius 2 is 1.81 bits per heavy atom. The Morgan fingerprint density at radius 3 is 2.33 bits per heavy atom. The largest absolute Gasteiger partial charge is 0.385 e. The molecule has 7 heteroatoms. The van der Waals surface area contributed by atoms with E-state index in [1.807, 2.05) is 7.11 Å². The number of methoxy groups -OCH3 is 2. The first-order valence-corrected chi connectivity index (χ1v) is 10.2. The van der Waals surface area contributed by atoms with E-state index in [2.05, 4.69) is 48.2 Å². The van der Waals surface area contributed by atoms with Gasteiger partial charge in [-0.25, -0.2) is 0 Å². The summed E-state index contributed by atoms with van der Waals surface area (Å²) < 4.78 is 10.9.